The van der Waals surface area contributed by atoms with Crippen LogP contribution in [0.1, 0.15) is 11.1 Å². The molecule has 0 fully saturated rings. The van der Waals surface area contributed by atoms with Gasteiger partial charge in [-0.1, -0.05) is 60.7 Å². The highest BCUT2D eigenvalue weighted by Crippen LogP contribution is 2.35. The minimum Gasteiger partial charge on any atom is -0.507 e. The van der Waals surface area contributed by atoms with Crippen LogP contribution in [0.15, 0.2) is 106 Å². The molecule has 1 heterocycles. The summed E-state index contributed by atoms with van der Waals surface area (Å²) in [5.41, 5.74) is 2.20. The Labute approximate surface area is 201 Å². The maximum atomic E-state index is 12.7. The van der Waals surface area contributed by atoms with E-state index >= 15 is 0 Å². The van der Waals surface area contributed by atoms with Gasteiger partial charge in [0.2, 0.25) is 0 Å². The SMILES string of the molecule is O=c1cc(-c2ccc(OCc3ccccc3)c(O)c2)oc2cc(OCc3ccccc3)cc(O)c12. The minimum atomic E-state index is -0.405. The third-order valence-electron chi connectivity index (χ3n) is 5.51. The molecular formula is C29H22O6. The molecule has 35 heavy (non-hydrogen) atoms. The van der Waals surface area contributed by atoms with Crippen LogP contribution in [0.4, 0.5) is 0 Å². The molecule has 0 aliphatic rings. The van der Waals surface area contributed by atoms with Crippen molar-refractivity contribution in [2.24, 2.45) is 0 Å². The fourth-order valence-electron chi connectivity index (χ4n) is 3.74. The lowest BCUT2D eigenvalue weighted by molar-refractivity contribution is 0.289. The average molecular weight is 466 g/mol. The van der Waals surface area contributed by atoms with E-state index in [9.17, 15) is 15.0 Å². The second kappa shape index (κ2) is 9.65. The first-order chi connectivity index (χ1) is 17.1. The van der Waals surface area contributed by atoms with E-state index in [-0.39, 0.29) is 28.2 Å². The summed E-state index contributed by atoms with van der Waals surface area (Å²) < 4.78 is 17.4. The monoisotopic (exact) mass is 466 g/mol. The molecule has 0 saturated carbocycles. The van der Waals surface area contributed by atoms with E-state index in [1.165, 1.54) is 18.2 Å². The lowest BCUT2D eigenvalue weighted by atomic mass is 10.1. The summed E-state index contributed by atoms with van der Waals surface area (Å²) in [5.74, 6) is 0.621. The van der Waals surface area contributed by atoms with E-state index in [0.29, 0.717) is 30.3 Å². The predicted octanol–water partition coefficient (Wildman–Crippen LogP) is 6.03. The summed E-state index contributed by atoms with van der Waals surface area (Å²) in [6, 6.07) is 28.3. The van der Waals surface area contributed by atoms with Crippen molar-refractivity contribution < 1.29 is 24.1 Å². The van der Waals surface area contributed by atoms with E-state index < -0.39 is 5.43 Å². The molecule has 1 aromatic heterocycles. The highest BCUT2D eigenvalue weighted by molar-refractivity contribution is 5.86. The summed E-state index contributed by atoms with van der Waals surface area (Å²) in [6.45, 7) is 0.609. The second-order valence-corrected chi connectivity index (χ2v) is 8.02. The third kappa shape index (κ3) is 4.96. The summed E-state index contributed by atoms with van der Waals surface area (Å²) in [6.07, 6.45) is 0. The molecule has 6 nitrogen and oxygen atoms in total. The zero-order chi connectivity index (χ0) is 24.2. The molecule has 0 aliphatic carbocycles. The van der Waals surface area contributed by atoms with Crippen LogP contribution in [0.3, 0.4) is 0 Å². The molecule has 0 bridgehead atoms. The number of rotatable bonds is 7. The summed E-state index contributed by atoms with van der Waals surface area (Å²) in [4.78, 5) is 12.7. The van der Waals surface area contributed by atoms with Crippen molar-refractivity contribution in [1.29, 1.82) is 0 Å². The average Bonchev–Trinajstić information content (AvgIpc) is 2.87. The molecule has 6 heteroatoms. The van der Waals surface area contributed by atoms with Crippen molar-refractivity contribution in [1.82, 2.24) is 0 Å². The Morgan fingerprint density at radius 3 is 2.00 bits per heavy atom. The van der Waals surface area contributed by atoms with Crippen LogP contribution in [-0.2, 0) is 13.2 Å². The number of fused-ring (bicyclic) bond motifs is 1. The van der Waals surface area contributed by atoms with Gasteiger partial charge in [-0.2, -0.15) is 0 Å². The van der Waals surface area contributed by atoms with Gasteiger partial charge in [0.1, 0.15) is 41.4 Å². The standard InChI is InChI=1S/C29H22O6/c30-23-13-21(11-12-26(23)34-18-20-9-5-2-6-10-20)27-16-25(32)29-24(31)14-22(15-28(29)35-27)33-17-19-7-3-1-4-8-19/h1-16,30-31H,17-18H2. The van der Waals surface area contributed by atoms with Crippen molar-refractivity contribution in [2.45, 2.75) is 13.2 Å². The Bertz CT molecular complexity index is 1520. The number of phenols is 2. The molecular weight excluding hydrogens is 444 g/mol. The largest absolute Gasteiger partial charge is 0.507 e. The Hall–Kier alpha value is -4.71. The Kier molecular flexibility index (Phi) is 6.09. The lowest BCUT2D eigenvalue weighted by Crippen LogP contribution is -2.02. The normalized spacial score (nSPS) is 10.9. The van der Waals surface area contributed by atoms with E-state index in [0.717, 1.165) is 11.1 Å². The summed E-state index contributed by atoms with van der Waals surface area (Å²) in [5, 5.41) is 21.0. The van der Waals surface area contributed by atoms with E-state index in [1.807, 2.05) is 60.7 Å². The van der Waals surface area contributed by atoms with Gasteiger partial charge in [-0.15, -0.1) is 0 Å². The van der Waals surface area contributed by atoms with Gasteiger partial charge < -0.3 is 24.1 Å². The third-order valence-corrected chi connectivity index (χ3v) is 5.51. The Morgan fingerprint density at radius 2 is 1.34 bits per heavy atom. The van der Waals surface area contributed by atoms with Gasteiger partial charge in [0, 0.05) is 23.8 Å². The van der Waals surface area contributed by atoms with Crippen molar-refractivity contribution in [2.75, 3.05) is 0 Å². The number of hydrogen-bond donors (Lipinski definition) is 2. The first kappa shape index (κ1) is 22.1. The van der Waals surface area contributed by atoms with Crippen molar-refractivity contribution in [3.05, 3.63) is 118 Å². The van der Waals surface area contributed by atoms with Gasteiger partial charge in [0.25, 0.3) is 0 Å². The highest BCUT2D eigenvalue weighted by atomic mass is 16.5. The minimum absolute atomic E-state index is 0.0628. The topological polar surface area (TPSA) is 89.1 Å². The maximum Gasteiger partial charge on any atom is 0.197 e. The van der Waals surface area contributed by atoms with E-state index in [4.69, 9.17) is 13.9 Å². The summed E-state index contributed by atoms with van der Waals surface area (Å²) >= 11 is 0. The number of hydrogen-bond acceptors (Lipinski definition) is 6. The van der Waals surface area contributed by atoms with Crippen molar-refractivity contribution in [3.8, 4) is 34.3 Å². The maximum absolute atomic E-state index is 12.7. The zero-order valence-corrected chi connectivity index (χ0v) is 18.7. The molecule has 0 aliphatic heterocycles. The smallest absolute Gasteiger partial charge is 0.197 e. The van der Waals surface area contributed by atoms with Crippen LogP contribution in [0.5, 0.6) is 23.0 Å². The Morgan fingerprint density at radius 1 is 0.686 bits per heavy atom. The molecule has 174 valence electrons. The molecule has 0 radical (unpaired) electrons. The summed E-state index contributed by atoms with van der Waals surface area (Å²) in [7, 11) is 0. The number of benzene rings is 4. The van der Waals surface area contributed by atoms with Crippen molar-refractivity contribution >= 4 is 11.0 Å². The number of phenolic OH excluding ortho intramolecular Hbond substituents is 2. The Balaban J connectivity index is 1.41. The molecule has 0 saturated heterocycles. The molecule has 5 rings (SSSR count). The van der Waals surface area contributed by atoms with Crippen LogP contribution >= 0.6 is 0 Å². The molecule has 5 aromatic rings. The fraction of sp³-hybridized carbons (Fsp3) is 0.0690. The number of aromatic hydroxyl groups is 2. The second-order valence-electron chi connectivity index (χ2n) is 8.02. The molecule has 0 amide bonds. The van der Waals surface area contributed by atoms with Crippen LogP contribution in [0.25, 0.3) is 22.3 Å². The molecule has 0 spiro atoms. The van der Waals surface area contributed by atoms with Crippen LogP contribution < -0.4 is 14.9 Å². The van der Waals surface area contributed by atoms with Crippen LogP contribution in [0.2, 0.25) is 0 Å². The van der Waals surface area contributed by atoms with E-state index in [1.54, 1.807) is 18.2 Å². The van der Waals surface area contributed by atoms with Crippen molar-refractivity contribution in [3.63, 3.8) is 0 Å². The van der Waals surface area contributed by atoms with E-state index in [2.05, 4.69) is 0 Å². The van der Waals surface area contributed by atoms with Crippen LogP contribution in [-0.4, -0.2) is 10.2 Å². The molecule has 4 aromatic carbocycles. The van der Waals surface area contributed by atoms with Gasteiger partial charge in [0.05, 0.1) is 0 Å². The lowest BCUT2D eigenvalue weighted by Gasteiger charge is -2.11. The van der Waals surface area contributed by atoms with Gasteiger partial charge >= 0.3 is 0 Å². The quantitative estimate of drug-likeness (QED) is 0.304. The van der Waals surface area contributed by atoms with Gasteiger partial charge in [-0.05, 0) is 29.3 Å². The predicted molar refractivity (Wildman–Crippen MR) is 133 cm³/mol. The van der Waals surface area contributed by atoms with Crippen LogP contribution in [0, 0.1) is 0 Å². The zero-order valence-electron chi connectivity index (χ0n) is 18.7. The first-order valence-corrected chi connectivity index (χ1v) is 11.0. The first-order valence-electron chi connectivity index (χ1n) is 11.0. The molecule has 0 unspecified atom stereocenters. The molecule has 0 atom stereocenters. The van der Waals surface area contributed by atoms with Gasteiger partial charge in [0.15, 0.2) is 16.9 Å². The number of ether oxygens (including phenoxy) is 2. The van der Waals surface area contributed by atoms with Gasteiger partial charge in [-0.3, -0.25) is 4.79 Å². The molecule has 2 N–H and O–H groups in total. The fourth-order valence-corrected chi connectivity index (χ4v) is 3.74. The highest BCUT2D eigenvalue weighted by Gasteiger charge is 2.14. The van der Waals surface area contributed by atoms with Gasteiger partial charge in [-0.25, -0.2) is 0 Å².